The summed E-state index contributed by atoms with van der Waals surface area (Å²) in [6, 6.07) is 9.49. The fourth-order valence-corrected chi connectivity index (χ4v) is 2.87. The van der Waals surface area contributed by atoms with Crippen LogP contribution in [0.3, 0.4) is 0 Å². The van der Waals surface area contributed by atoms with E-state index in [1.165, 1.54) is 0 Å². The summed E-state index contributed by atoms with van der Waals surface area (Å²) in [5, 5.41) is 4.08. The van der Waals surface area contributed by atoms with E-state index in [2.05, 4.69) is 10.3 Å². The van der Waals surface area contributed by atoms with Crippen molar-refractivity contribution >= 4 is 16.8 Å². The van der Waals surface area contributed by atoms with Crippen LogP contribution in [0.15, 0.2) is 35.1 Å². The fourth-order valence-electron chi connectivity index (χ4n) is 2.87. The minimum absolute atomic E-state index is 0.179. The van der Waals surface area contributed by atoms with E-state index < -0.39 is 0 Å². The molecule has 1 unspecified atom stereocenters. The monoisotopic (exact) mass is 285 g/mol. The molecule has 1 aromatic heterocycles. The van der Waals surface area contributed by atoms with Crippen molar-refractivity contribution < 1.29 is 4.79 Å². The van der Waals surface area contributed by atoms with Gasteiger partial charge in [0, 0.05) is 24.6 Å². The van der Waals surface area contributed by atoms with Gasteiger partial charge in [-0.25, -0.2) is 0 Å². The molecule has 1 aliphatic rings. The van der Waals surface area contributed by atoms with Gasteiger partial charge in [0.25, 0.3) is 11.5 Å². The molecule has 1 amide bonds. The number of hydrogen-bond donors (Lipinski definition) is 2. The minimum atomic E-state index is -0.315. The molecule has 5 heteroatoms. The van der Waals surface area contributed by atoms with Gasteiger partial charge in [-0.15, -0.1) is 0 Å². The third kappa shape index (κ3) is 2.69. The highest BCUT2D eigenvalue weighted by Crippen LogP contribution is 2.15. The lowest BCUT2D eigenvalue weighted by molar-refractivity contribution is 0.0696. The number of para-hydroxylation sites is 1. The zero-order valence-electron chi connectivity index (χ0n) is 12.1. The van der Waals surface area contributed by atoms with Gasteiger partial charge in [-0.3, -0.25) is 9.59 Å². The SMILES string of the molecule is CNC1CCCN(C(=O)c2cc3ccccc3[nH]c2=O)C1. The van der Waals surface area contributed by atoms with Gasteiger partial charge in [0.15, 0.2) is 0 Å². The van der Waals surface area contributed by atoms with Crippen molar-refractivity contribution in [2.24, 2.45) is 0 Å². The Labute approximate surface area is 123 Å². The number of carbonyl (C=O) groups is 1. The van der Waals surface area contributed by atoms with E-state index in [0.717, 1.165) is 23.7 Å². The first-order valence-electron chi connectivity index (χ1n) is 7.27. The van der Waals surface area contributed by atoms with Crippen LogP contribution >= 0.6 is 0 Å². The molecule has 1 fully saturated rings. The van der Waals surface area contributed by atoms with Gasteiger partial charge in [-0.1, -0.05) is 18.2 Å². The van der Waals surface area contributed by atoms with Gasteiger partial charge < -0.3 is 15.2 Å². The van der Waals surface area contributed by atoms with Crippen molar-refractivity contribution in [3.05, 3.63) is 46.2 Å². The topological polar surface area (TPSA) is 65.2 Å². The lowest BCUT2D eigenvalue weighted by Gasteiger charge is -2.32. The van der Waals surface area contributed by atoms with Gasteiger partial charge in [0.05, 0.1) is 0 Å². The maximum absolute atomic E-state index is 12.6. The van der Waals surface area contributed by atoms with Crippen LogP contribution in [-0.4, -0.2) is 42.0 Å². The number of amides is 1. The summed E-state index contributed by atoms with van der Waals surface area (Å²) in [7, 11) is 1.90. The van der Waals surface area contributed by atoms with E-state index in [4.69, 9.17) is 0 Å². The number of aromatic amines is 1. The lowest BCUT2D eigenvalue weighted by atomic mass is 10.0. The first-order valence-corrected chi connectivity index (χ1v) is 7.27. The highest BCUT2D eigenvalue weighted by Gasteiger charge is 2.25. The zero-order valence-corrected chi connectivity index (χ0v) is 12.1. The Hall–Kier alpha value is -2.14. The van der Waals surface area contributed by atoms with E-state index in [0.29, 0.717) is 19.1 Å². The van der Waals surface area contributed by atoms with Gasteiger partial charge in [0.2, 0.25) is 0 Å². The van der Waals surface area contributed by atoms with Crippen LogP contribution in [0.2, 0.25) is 0 Å². The van der Waals surface area contributed by atoms with Crippen molar-refractivity contribution in [1.82, 2.24) is 15.2 Å². The van der Waals surface area contributed by atoms with E-state index in [-0.39, 0.29) is 17.0 Å². The molecule has 0 bridgehead atoms. The minimum Gasteiger partial charge on any atom is -0.337 e. The van der Waals surface area contributed by atoms with E-state index in [9.17, 15) is 9.59 Å². The number of carbonyl (C=O) groups excluding carboxylic acids is 1. The number of rotatable bonds is 2. The average molecular weight is 285 g/mol. The van der Waals surface area contributed by atoms with Crippen molar-refractivity contribution in [2.75, 3.05) is 20.1 Å². The molecule has 110 valence electrons. The molecule has 1 atom stereocenters. The number of nitrogens with zero attached hydrogens (tertiary/aromatic N) is 1. The Kier molecular flexibility index (Phi) is 3.75. The largest absolute Gasteiger partial charge is 0.337 e. The molecular formula is C16H19N3O2. The lowest BCUT2D eigenvalue weighted by Crippen LogP contribution is -2.47. The van der Waals surface area contributed by atoms with Gasteiger partial charge >= 0.3 is 0 Å². The molecule has 3 rings (SSSR count). The predicted molar refractivity (Wildman–Crippen MR) is 82.6 cm³/mol. The van der Waals surface area contributed by atoms with Crippen molar-refractivity contribution in [1.29, 1.82) is 0 Å². The quantitative estimate of drug-likeness (QED) is 0.875. The number of likely N-dealkylation sites (N-methyl/N-ethyl adjacent to an activating group) is 1. The molecule has 1 aromatic carbocycles. The Morgan fingerprint density at radius 2 is 2.19 bits per heavy atom. The van der Waals surface area contributed by atoms with Crippen LogP contribution in [0.5, 0.6) is 0 Å². The predicted octanol–water partition coefficient (Wildman–Crippen LogP) is 1.35. The standard InChI is InChI=1S/C16H19N3O2/c1-17-12-6-4-8-19(10-12)16(21)13-9-11-5-2-3-7-14(11)18-15(13)20/h2-3,5,7,9,12,17H,4,6,8,10H2,1H3,(H,18,20). The van der Waals surface area contributed by atoms with Crippen LogP contribution in [0.25, 0.3) is 10.9 Å². The first-order chi connectivity index (χ1) is 10.2. The molecule has 0 saturated carbocycles. The summed E-state index contributed by atoms with van der Waals surface area (Å²) in [4.78, 5) is 29.3. The summed E-state index contributed by atoms with van der Waals surface area (Å²) in [6.45, 7) is 1.37. The molecule has 2 aromatic rings. The fraction of sp³-hybridized carbons (Fsp3) is 0.375. The number of aromatic nitrogens is 1. The highest BCUT2D eigenvalue weighted by atomic mass is 16.2. The number of likely N-dealkylation sites (tertiary alicyclic amines) is 1. The van der Waals surface area contributed by atoms with Crippen LogP contribution in [-0.2, 0) is 0 Å². The van der Waals surface area contributed by atoms with Crippen LogP contribution in [0.4, 0.5) is 0 Å². The summed E-state index contributed by atoms with van der Waals surface area (Å²) in [6.07, 6.45) is 2.02. The molecular weight excluding hydrogens is 266 g/mol. The molecule has 1 aliphatic heterocycles. The maximum atomic E-state index is 12.6. The molecule has 0 aliphatic carbocycles. The molecule has 1 saturated heterocycles. The molecule has 0 radical (unpaired) electrons. The summed E-state index contributed by atoms with van der Waals surface area (Å²) in [5.74, 6) is -0.179. The number of fused-ring (bicyclic) bond motifs is 1. The average Bonchev–Trinajstić information content (AvgIpc) is 2.53. The van der Waals surface area contributed by atoms with Gasteiger partial charge in [0.1, 0.15) is 5.56 Å². The Morgan fingerprint density at radius 1 is 1.38 bits per heavy atom. The van der Waals surface area contributed by atoms with Gasteiger partial charge in [-0.2, -0.15) is 0 Å². The van der Waals surface area contributed by atoms with E-state index in [1.807, 2.05) is 31.3 Å². The van der Waals surface area contributed by atoms with Gasteiger partial charge in [-0.05, 0) is 37.4 Å². The molecule has 21 heavy (non-hydrogen) atoms. The maximum Gasteiger partial charge on any atom is 0.261 e. The van der Waals surface area contributed by atoms with Crippen LogP contribution in [0, 0.1) is 0 Å². The highest BCUT2D eigenvalue weighted by molar-refractivity contribution is 5.97. The third-order valence-electron chi connectivity index (χ3n) is 4.10. The summed E-state index contributed by atoms with van der Waals surface area (Å²) >= 11 is 0. The normalized spacial score (nSPS) is 18.9. The van der Waals surface area contributed by atoms with Crippen molar-refractivity contribution in [3.63, 3.8) is 0 Å². The zero-order chi connectivity index (χ0) is 14.8. The third-order valence-corrected chi connectivity index (χ3v) is 4.10. The number of hydrogen-bond acceptors (Lipinski definition) is 3. The molecule has 0 spiro atoms. The summed E-state index contributed by atoms with van der Waals surface area (Å²) < 4.78 is 0. The smallest absolute Gasteiger partial charge is 0.261 e. The summed E-state index contributed by atoms with van der Waals surface area (Å²) in [5.41, 5.74) is 0.668. The Bertz CT molecular complexity index is 723. The Morgan fingerprint density at radius 3 is 3.00 bits per heavy atom. The van der Waals surface area contributed by atoms with E-state index in [1.54, 1.807) is 11.0 Å². The van der Waals surface area contributed by atoms with Crippen LogP contribution < -0.4 is 10.9 Å². The molecule has 2 heterocycles. The first kappa shape index (κ1) is 13.8. The molecule has 5 nitrogen and oxygen atoms in total. The van der Waals surface area contributed by atoms with Crippen molar-refractivity contribution in [2.45, 2.75) is 18.9 Å². The number of benzene rings is 1. The molecule has 2 N–H and O–H groups in total. The Balaban J connectivity index is 1.94. The second-order valence-electron chi connectivity index (χ2n) is 5.48. The number of H-pyrrole nitrogens is 1. The second-order valence-corrected chi connectivity index (χ2v) is 5.48. The second kappa shape index (κ2) is 5.69. The number of nitrogens with one attached hydrogen (secondary N) is 2. The number of piperidine rings is 1. The van der Waals surface area contributed by atoms with Crippen LogP contribution in [0.1, 0.15) is 23.2 Å². The number of pyridine rings is 1. The van der Waals surface area contributed by atoms with E-state index >= 15 is 0 Å². The van der Waals surface area contributed by atoms with Crippen molar-refractivity contribution in [3.8, 4) is 0 Å².